The quantitative estimate of drug-likeness (QED) is 0.641. The third-order valence-electron chi connectivity index (χ3n) is 4.98. The number of fused-ring (bicyclic) bond motifs is 2. The number of hydrogen-bond acceptors (Lipinski definition) is 6. The molecule has 10 heteroatoms. The van der Waals surface area contributed by atoms with Crippen molar-refractivity contribution in [3.8, 4) is 5.75 Å². The fourth-order valence-corrected chi connectivity index (χ4v) is 4.39. The number of ether oxygens (including phenoxy) is 1. The van der Waals surface area contributed by atoms with E-state index in [0.717, 1.165) is 11.3 Å². The minimum absolute atomic E-state index is 0.0819. The number of nitrogens with one attached hydrogen (secondary N) is 1. The number of benzene rings is 1. The second-order valence-corrected chi connectivity index (χ2v) is 9.07. The van der Waals surface area contributed by atoms with Gasteiger partial charge in [0.05, 0.1) is 17.0 Å². The molecule has 1 amide bonds. The van der Waals surface area contributed by atoms with Crippen LogP contribution in [0.4, 0.5) is 5.69 Å². The fraction of sp³-hybridized carbons (Fsp3) is 0.136. The SMILES string of the molecule is O=C(Nc1cccc(OCc2cn3ccccc3n2)c1)C1=CN2CCS(=O)(=O)N=C2C=C1. The molecule has 2 aromatic heterocycles. The molecule has 0 spiro atoms. The second kappa shape index (κ2) is 7.97. The van der Waals surface area contributed by atoms with Crippen molar-refractivity contribution in [2.45, 2.75) is 6.61 Å². The molecule has 0 bridgehead atoms. The van der Waals surface area contributed by atoms with Crippen molar-refractivity contribution < 1.29 is 17.9 Å². The van der Waals surface area contributed by atoms with Gasteiger partial charge < -0.3 is 19.4 Å². The van der Waals surface area contributed by atoms with Crippen LogP contribution in [0.5, 0.6) is 5.75 Å². The summed E-state index contributed by atoms with van der Waals surface area (Å²) in [6.45, 7) is 0.557. The van der Waals surface area contributed by atoms with Crippen LogP contribution >= 0.6 is 0 Å². The summed E-state index contributed by atoms with van der Waals surface area (Å²) in [6, 6.07) is 12.9. The zero-order valence-electron chi connectivity index (χ0n) is 16.9. The Morgan fingerprint density at radius 2 is 2.06 bits per heavy atom. The zero-order chi connectivity index (χ0) is 22.1. The lowest BCUT2D eigenvalue weighted by atomic mass is 10.1. The summed E-state index contributed by atoms with van der Waals surface area (Å²) in [5.41, 5.74) is 2.63. The predicted octanol–water partition coefficient (Wildman–Crippen LogP) is 2.35. The molecule has 2 aliphatic rings. The number of amides is 1. The number of nitrogens with zero attached hydrogens (tertiary/aromatic N) is 4. The zero-order valence-corrected chi connectivity index (χ0v) is 17.7. The Bertz CT molecular complexity index is 1370. The summed E-state index contributed by atoms with van der Waals surface area (Å²) in [5, 5.41) is 2.84. The molecule has 32 heavy (non-hydrogen) atoms. The van der Waals surface area contributed by atoms with E-state index in [1.54, 1.807) is 35.4 Å². The van der Waals surface area contributed by atoms with Crippen LogP contribution in [0.3, 0.4) is 0 Å². The van der Waals surface area contributed by atoms with Gasteiger partial charge in [0, 0.05) is 36.9 Å². The summed E-state index contributed by atoms with van der Waals surface area (Å²) < 4.78 is 34.7. The Labute approximate surface area is 184 Å². The van der Waals surface area contributed by atoms with Crippen molar-refractivity contribution in [2.75, 3.05) is 17.6 Å². The lowest BCUT2D eigenvalue weighted by Gasteiger charge is -2.26. The van der Waals surface area contributed by atoms with Gasteiger partial charge in [0.1, 0.15) is 23.8 Å². The highest BCUT2D eigenvalue weighted by Gasteiger charge is 2.25. The molecule has 3 aromatic rings. The van der Waals surface area contributed by atoms with Gasteiger partial charge in [0.15, 0.2) is 0 Å². The van der Waals surface area contributed by atoms with Crippen molar-refractivity contribution in [1.82, 2.24) is 14.3 Å². The molecule has 2 aliphatic heterocycles. The van der Waals surface area contributed by atoms with E-state index in [9.17, 15) is 13.2 Å². The number of aromatic nitrogens is 2. The van der Waals surface area contributed by atoms with Crippen LogP contribution in [0.1, 0.15) is 5.69 Å². The number of carbonyl (C=O) groups is 1. The first-order valence-corrected chi connectivity index (χ1v) is 11.5. The van der Waals surface area contributed by atoms with Crippen molar-refractivity contribution in [3.05, 3.63) is 84.5 Å². The van der Waals surface area contributed by atoms with Gasteiger partial charge in [-0.15, -0.1) is 4.40 Å². The molecule has 0 unspecified atom stereocenters. The largest absolute Gasteiger partial charge is 0.487 e. The van der Waals surface area contributed by atoms with E-state index in [4.69, 9.17) is 4.74 Å². The number of imidazole rings is 1. The number of pyridine rings is 1. The molecule has 0 radical (unpaired) electrons. The molecular weight excluding hydrogens is 430 g/mol. The minimum atomic E-state index is -3.43. The number of hydrogen-bond donors (Lipinski definition) is 1. The first-order chi connectivity index (χ1) is 15.4. The summed E-state index contributed by atoms with van der Waals surface area (Å²) in [4.78, 5) is 18.9. The minimum Gasteiger partial charge on any atom is -0.487 e. The summed E-state index contributed by atoms with van der Waals surface area (Å²) >= 11 is 0. The maximum absolute atomic E-state index is 12.7. The van der Waals surface area contributed by atoms with Crippen LogP contribution in [0, 0.1) is 0 Å². The van der Waals surface area contributed by atoms with E-state index < -0.39 is 10.0 Å². The fourth-order valence-electron chi connectivity index (χ4n) is 3.42. The van der Waals surface area contributed by atoms with Gasteiger partial charge in [-0.05, 0) is 36.4 Å². The van der Waals surface area contributed by atoms with Crippen molar-refractivity contribution in [1.29, 1.82) is 0 Å². The first kappa shape index (κ1) is 20.0. The standard InChI is InChI=1S/C22H19N5O4S/c28-22(16-7-8-21-25-32(29,30)11-10-27(21)13-16)24-17-4-3-5-19(12-17)31-15-18-14-26-9-2-1-6-20(26)23-18/h1-9,12-14H,10-11,15H2,(H,24,28). The van der Waals surface area contributed by atoms with Crippen LogP contribution in [0.25, 0.3) is 5.65 Å². The molecule has 5 rings (SSSR count). The topological polar surface area (TPSA) is 105 Å². The highest BCUT2D eigenvalue weighted by molar-refractivity contribution is 7.90. The van der Waals surface area contributed by atoms with E-state index in [-0.39, 0.29) is 18.2 Å². The van der Waals surface area contributed by atoms with E-state index in [0.29, 0.717) is 29.5 Å². The van der Waals surface area contributed by atoms with Gasteiger partial charge >= 0.3 is 0 Å². The molecule has 9 nitrogen and oxygen atoms in total. The Morgan fingerprint density at radius 1 is 1.16 bits per heavy atom. The Morgan fingerprint density at radius 3 is 2.94 bits per heavy atom. The van der Waals surface area contributed by atoms with Gasteiger partial charge in [-0.2, -0.15) is 0 Å². The molecule has 1 aromatic carbocycles. The molecular formula is C22H19N5O4S. The summed E-state index contributed by atoms with van der Waals surface area (Å²) in [6.07, 6.45) is 8.52. The second-order valence-electron chi connectivity index (χ2n) is 7.32. The lowest BCUT2D eigenvalue weighted by molar-refractivity contribution is -0.112. The van der Waals surface area contributed by atoms with Gasteiger partial charge in [0.2, 0.25) is 0 Å². The average molecular weight is 449 g/mol. The first-order valence-electron chi connectivity index (χ1n) is 9.91. The van der Waals surface area contributed by atoms with E-state index >= 15 is 0 Å². The number of sulfonamides is 1. The normalized spacial score (nSPS) is 16.8. The monoisotopic (exact) mass is 449 g/mol. The van der Waals surface area contributed by atoms with Gasteiger partial charge in [-0.3, -0.25) is 4.79 Å². The molecule has 0 saturated carbocycles. The third-order valence-corrected chi connectivity index (χ3v) is 6.14. The van der Waals surface area contributed by atoms with Crippen LogP contribution in [-0.2, 0) is 21.4 Å². The van der Waals surface area contributed by atoms with Crippen LogP contribution in [0.15, 0.2) is 83.2 Å². The molecule has 162 valence electrons. The molecule has 1 N–H and O–H groups in total. The average Bonchev–Trinajstić information content (AvgIpc) is 3.20. The predicted molar refractivity (Wildman–Crippen MR) is 120 cm³/mol. The lowest BCUT2D eigenvalue weighted by Crippen LogP contribution is -2.37. The van der Waals surface area contributed by atoms with Crippen LogP contribution in [0.2, 0.25) is 0 Å². The smallest absolute Gasteiger partial charge is 0.257 e. The van der Waals surface area contributed by atoms with Crippen LogP contribution < -0.4 is 10.1 Å². The molecule has 0 fully saturated rings. The summed E-state index contributed by atoms with van der Waals surface area (Å²) in [7, 11) is -3.43. The van der Waals surface area contributed by atoms with Gasteiger partial charge in [0.25, 0.3) is 15.9 Å². The van der Waals surface area contributed by atoms with Crippen molar-refractivity contribution >= 4 is 33.1 Å². The number of carbonyl (C=O) groups excluding carboxylic acids is 1. The van der Waals surface area contributed by atoms with E-state index in [1.807, 2.05) is 41.1 Å². The van der Waals surface area contributed by atoms with Crippen molar-refractivity contribution in [3.63, 3.8) is 0 Å². The highest BCUT2D eigenvalue weighted by atomic mass is 32.2. The van der Waals surface area contributed by atoms with Gasteiger partial charge in [-0.25, -0.2) is 13.4 Å². The maximum atomic E-state index is 12.7. The Balaban J connectivity index is 1.24. The molecule has 0 saturated heterocycles. The summed E-state index contributed by atoms with van der Waals surface area (Å²) in [5.74, 6) is 0.520. The maximum Gasteiger partial charge on any atom is 0.257 e. The van der Waals surface area contributed by atoms with Crippen LogP contribution in [-0.4, -0.2) is 46.7 Å². The molecule has 0 atom stereocenters. The van der Waals surface area contributed by atoms with Crippen molar-refractivity contribution in [2.24, 2.45) is 4.40 Å². The molecule has 0 aliphatic carbocycles. The van der Waals surface area contributed by atoms with E-state index in [1.165, 1.54) is 6.08 Å². The Hall–Kier alpha value is -3.92. The van der Waals surface area contributed by atoms with E-state index in [2.05, 4.69) is 14.7 Å². The molecule has 4 heterocycles. The highest BCUT2D eigenvalue weighted by Crippen LogP contribution is 2.21. The number of amidine groups is 1. The van der Waals surface area contributed by atoms with Gasteiger partial charge in [-0.1, -0.05) is 12.1 Å². The number of anilines is 1. The Kier molecular flexibility index (Phi) is 4.98. The number of rotatable bonds is 5. The third kappa shape index (κ3) is 4.26.